The van der Waals surface area contributed by atoms with Crippen LogP contribution in [0.5, 0.6) is 0 Å². The largest absolute Gasteiger partial charge is 0.550 e. The van der Waals surface area contributed by atoms with Gasteiger partial charge in [-0.3, -0.25) is 4.79 Å². The molecule has 1 aliphatic rings. The predicted molar refractivity (Wildman–Crippen MR) is 88.1 cm³/mol. The Morgan fingerprint density at radius 3 is 1.88 bits per heavy atom. The van der Waals surface area contributed by atoms with Gasteiger partial charge in [0.25, 0.3) is 0 Å². The number of esters is 2. The molecule has 2 rings (SSSR count). The van der Waals surface area contributed by atoms with Crippen LogP contribution >= 0.6 is 0 Å². The van der Waals surface area contributed by atoms with Crippen LogP contribution in [-0.4, -0.2) is 38.0 Å². The van der Waals surface area contributed by atoms with Crippen LogP contribution in [0.25, 0.3) is 0 Å². The SMILES string of the molecule is COC(=O)c1cc(NC(=O)C2CC=CCC2C(=O)[O-])cc(C(=O)OC)c1. The van der Waals surface area contributed by atoms with E-state index in [1.807, 2.05) is 0 Å². The molecule has 0 saturated heterocycles. The Labute approximate surface area is 149 Å². The first kappa shape index (κ1) is 19.2. The van der Waals surface area contributed by atoms with Crippen LogP contribution in [0.1, 0.15) is 33.6 Å². The zero-order chi connectivity index (χ0) is 19.3. The molecule has 0 spiro atoms. The van der Waals surface area contributed by atoms with Gasteiger partial charge >= 0.3 is 11.9 Å². The van der Waals surface area contributed by atoms with E-state index >= 15 is 0 Å². The molecule has 0 saturated carbocycles. The number of hydrogen-bond acceptors (Lipinski definition) is 7. The molecule has 8 heteroatoms. The lowest BCUT2D eigenvalue weighted by Crippen LogP contribution is -2.41. The topological polar surface area (TPSA) is 122 Å². The van der Waals surface area contributed by atoms with Crippen molar-refractivity contribution in [3.05, 3.63) is 41.5 Å². The monoisotopic (exact) mass is 360 g/mol. The minimum atomic E-state index is -1.30. The molecule has 1 aromatic rings. The average molecular weight is 360 g/mol. The van der Waals surface area contributed by atoms with Crippen LogP contribution in [-0.2, 0) is 19.1 Å². The Morgan fingerprint density at radius 2 is 1.42 bits per heavy atom. The third kappa shape index (κ3) is 4.27. The van der Waals surface area contributed by atoms with Crippen LogP contribution in [0.4, 0.5) is 5.69 Å². The van der Waals surface area contributed by atoms with Gasteiger partial charge in [-0.25, -0.2) is 9.59 Å². The number of amides is 1. The van der Waals surface area contributed by atoms with E-state index in [-0.39, 0.29) is 29.7 Å². The van der Waals surface area contributed by atoms with Gasteiger partial charge in [0, 0.05) is 17.6 Å². The molecule has 8 nitrogen and oxygen atoms in total. The summed E-state index contributed by atoms with van der Waals surface area (Å²) in [5, 5.41) is 13.8. The number of nitrogens with one attached hydrogen (secondary N) is 1. The van der Waals surface area contributed by atoms with Crippen LogP contribution in [0, 0.1) is 11.8 Å². The predicted octanol–water partition coefficient (Wildman–Crippen LogP) is 0.531. The molecule has 0 aliphatic heterocycles. The van der Waals surface area contributed by atoms with Crippen molar-refractivity contribution in [2.75, 3.05) is 19.5 Å². The van der Waals surface area contributed by atoms with E-state index in [2.05, 4.69) is 14.8 Å². The normalized spacial score (nSPS) is 18.7. The van der Waals surface area contributed by atoms with Crippen molar-refractivity contribution in [1.82, 2.24) is 0 Å². The number of methoxy groups -OCH3 is 2. The molecule has 26 heavy (non-hydrogen) atoms. The van der Waals surface area contributed by atoms with Crippen molar-refractivity contribution in [3.8, 4) is 0 Å². The van der Waals surface area contributed by atoms with E-state index in [4.69, 9.17) is 0 Å². The standard InChI is InChI=1S/C18H19NO7/c1-25-17(23)10-7-11(18(24)26-2)9-12(8-10)19-15(20)13-5-3-4-6-14(13)16(21)22/h3-4,7-9,13-14H,5-6H2,1-2H3,(H,19,20)(H,21,22)/p-1. The molecule has 2 atom stereocenters. The van der Waals surface area contributed by atoms with Gasteiger partial charge in [-0.1, -0.05) is 12.2 Å². The van der Waals surface area contributed by atoms with Gasteiger partial charge in [0.15, 0.2) is 0 Å². The zero-order valence-corrected chi connectivity index (χ0v) is 14.3. The molecule has 0 bridgehead atoms. The van der Waals surface area contributed by atoms with Gasteiger partial charge < -0.3 is 24.7 Å². The molecule has 0 radical (unpaired) electrons. The number of ether oxygens (including phenoxy) is 2. The highest BCUT2D eigenvalue weighted by molar-refractivity contribution is 6.00. The second-order valence-corrected chi connectivity index (χ2v) is 5.75. The second kappa shape index (κ2) is 8.28. The number of carboxylic acids is 1. The number of benzene rings is 1. The fraction of sp³-hybridized carbons (Fsp3) is 0.333. The lowest BCUT2D eigenvalue weighted by molar-refractivity contribution is -0.313. The van der Waals surface area contributed by atoms with Gasteiger partial charge in [0.1, 0.15) is 0 Å². The summed E-state index contributed by atoms with van der Waals surface area (Å²) in [5.74, 6) is -4.98. The number of hydrogen-bond donors (Lipinski definition) is 1. The Hall–Kier alpha value is -3.16. The smallest absolute Gasteiger partial charge is 0.337 e. The molecule has 0 heterocycles. The van der Waals surface area contributed by atoms with Crippen molar-refractivity contribution in [1.29, 1.82) is 0 Å². The van der Waals surface area contributed by atoms with Crippen LogP contribution in [0.3, 0.4) is 0 Å². The van der Waals surface area contributed by atoms with E-state index < -0.39 is 35.7 Å². The summed E-state index contributed by atoms with van der Waals surface area (Å²) >= 11 is 0. The molecule has 138 valence electrons. The molecule has 2 unspecified atom stereocenters. The van der Waals surface area contributed by atoms with Crippen LogP contribution in [0.15, 0.2) is 30.4 Å². The lowest BCUT2D eigenvalue weighted by atomic mass is 9.82. The fourth-order valence-corrected chi connectivity index (χ4v) is 2.77. The van der Waals surface area contributed by atoms with E-state index in [1.165, 1.54) is 32.4 Å². The van der Waals surface area contributed by atoms with Gasteiger partial charge in [-0.05, 0) is 31.0 Å². The van der Waals surface area contributed by atoms with E-state index in [0.29, 0.717) is 0 Å². The minimum Gasteiger partial charge on any atom is -0.550 e. The van der Waals surface area contributed by atoms with E-state index in [1.54, 1.807) is 12.2 Å². The fourth-order valence-electron chi connectivity index (χ4n) is 2.77. The average Bonchev–Trinajstić information content (AvgIpc) is 2.66. The highest BCUT2D eigenvalue weighted by atomic mass is 16.5. The van der Waals surface area contributed by atoms with Crippen molar-refractivity contribution < 1.29 is 33.8 Å². The van der Waals surface area contributed by atoms with Gasteiger partial charge in [-0.2, -0.15) is 0 Å². The van der Waals surface area contributed by atoms with Gasteiger partial charge in [0.05, 0.1) is 31.3 Å². The number of carboxylic acid groups (broad SMARTS) is 1. The number of rotatable bonds is 5. The third-order valence-electron chi connectivity index (χ3n) is 4.11. The molecule has 1 aliphatic carbocycles. The first-order chi connectivity index (χ1) is 12.4. The number of anilines is 1. The van der Waals surface area contributed by atoms with Crippen molar-refractivity contribution in [2.45, 2.75) is 12.8 Å². The number of carbonyl (C=O) groups excluding carboxylic acids is 4. The highest BCUT2D eigenvalue weighted by Crippen LogP contribution is 2.27. The maximum absolute atomic E-state index is 12.5. The first-order valence-corrected chi connectivity index (χ1v) is 7.85. The van der Waals surface area contributed by atoms with Gasteiger partial charge in [-0.15, -0.1) is 0 Å². The molecule has 0 fully saturated rings. The Kier molecular flexibility index (Phi) is 6.11. The summed E-state index contributed by atoms with van der Waals surface area (Å²) in [5.41, 5.74) is 0.251. The summed E-state index contributed by atoms with van der Waals surface area (Å²) in [7, 11) is 2.37. The van der Waals surface area contributed by atoms with E-state index in [9.17, 15) is 24.3 Å². The summed E-state index contributed by atoms with van der Waals surface area (Å²) in [6.45, 7) is 0. The first-order valence-electron chi connectivity index (χ1n) is 7.85. The molecule has 1 amide bonds. The van der Waals surface area contributed by atoms with Crippen molar-refractivity contribution in [2.24, 2.45) is 11.8 Å². The third-order valence-corrected chi connectivity index (χ3v) is 4.11. The molecule has 0 aromatic heterocycles. The highest BCUT2D eigenvalue weighted by Gasteiger charge is 2.30. The zero-order valence-electron chi connectivity index (χ0n) is 14.3. The summed E-state index contributed by atoms with van der Waals surface area (Å²) < 4.78 is 9.26. The Balaban J connectivity index is 2.30. The number of allylic oxidation sites excluding steroid dienone is 2. The Morgan fingerprint density at radius 1 is 0.923 bits per heavy atom. The van der Waals surface area contributed by atoms with Gasteiger partial charge in [0.2, 0.25) is 5.91 Å². The maximum atomic E-state index is 12.5. The summed E-state index contributed by atoms with van der Waals surface area (Å²) in [4.78, 5) is 47.3. The quantitative estimate of drug-likeness (QED) is 0.600. The van der Waals surface area contributed by atoms with Crippen molar-refractivity contribution >= 4 is 29.5 Å². The van der Waals surface area contributed by atoms with Crippen LogP contribution < -0.4 is 10.4 Å². The molecule has 1 N–H and O–H groups in total. The van der Waals surface area contributed by atoms with Crippen LogP contribution in [0.2, 0.25) is 0 Å². The summed E-state index contributed by atoms with van der Waals surface area (Å²) in [6, 6.07) is 3.95. The Bertz CT molecular complexity index is 735. The lowest BCUT2D eigenvalue weighted by Gasteiger charge is -2.28. The molecular weight excluding hydrogens is 342 g/mol. The number of aliphatic carboxylic acids is 1. The van der Waals surface area contributed by atoms with Crippen molar-refractivity contribution in [3.63, 3.8) is 0 Å². The minimum absolute atomic E-state index is 0.0469. The molecule has 1 aromatic carbocycles. The summed E-state index contributed by atoms with van der Waals surface area (Å²) in [6.07, 6.45) is 3.88. The maximum Gasteiger partial charge on any atom is 0.337 e. The second-order valence-electron chi connectivity index (χ2n) is 5.75. The molecular formula is C18H18NO7-. The van der Waals surface area contributed by atoms with E-state index in [0.717, 1.165) is 0 Å². The number of carbonyl (C=O) groups is 4.